The molecule has 0 spiro atoms. The quantitative estimate of drug-likeness (QED) is 0.815. The summed E-state index contributed by atoms with van der Waals surface area (Å²) < 4.78 is 12.1. The normalized spacial score (nSPS) is 40.9. The lowest BCUT2D eigenvalue weighted by Gasteiger charge is -2.52. The molecular weight excluding hydrogens is 318 g/mol. The molecule has 2 N–H and O–H groups in total. The minimum absolute atomic E-state index is 0.307. The first kappa shape index (κ1) is 15.7. The topological polar surface area (TPSA) is 129 Å². The molecule has 2 saturated heterocycles. The number of ether oxygens (including phenoxy) is 2. The van der Waals surface area contributed by atoms with Crippen LogP contribution >= 0.6 is 0 Å². The zero-order valence-electron chi connectivity index (χ0n) is 13.7. The summed E-state index contributed by atoms with van der Waals surface area (Å²) in [5, 5.41) is 38.6. The van der Waals surface area contributed by atoms with Crippen molar-refractivity contribution in [3.05, 3.63) is 24.0 Å². The van der Waals surface area contributed by atoms with Gasteiger partial charge in [-0.3, -0.25) is 5.41 Å². The summed E-state index contributed by atoms with van der Waals surface area (Å²) in [5.74, 6) is -1.63. The molecule has 4 rings (SSSR count). The van der Waals surface area contributed by atoms with Crippen molar-refractivity contribution in [2.45, 2.75) is 38.1 Å². The molecule has 3 heterocycles. The van der Waals surface area contributed by atoms with Crippen molar-refractivity contribution in [3.8, 4) is 18.2 Å². The third kappa shape index (κ3) is 1.58. The molecule has 1 aliphatic carbocycles. The highest BCUT2D eigenvalue weighted by Crippen LogP contribution is 2.69. The average molecular weight is 335 g/mol. The Bertz CT molecular complexity index is 844. The number of nitrogens with zero attached hydrogens (tertiary/aromatic N) is 3. The number of rotatable bonds is 1. The van der Waals surface area contributed by atoms with Gasteiger partial charge in [-0.15, -0.1) is 0 Å². The summed E-state index contributed by atoms with van der Waals surface area (Å²) in [7, 11) is 0. The molecule has 0 aromatic carbocycles. The summed E-state index contributed by atoms with van der Waals surface area (Å²) in [4.78, 5) is 2.99. The number of nitriles is 3. The van der Waals surface area contributed by atoms with Crippen molar-refractivity contribution in [3.63, 3.8) is 0 Å². The van der Waals surface area contributed by atoms with Gasteiger partial charge in [0.25, 0.3) is 0 Å². The monoisotopic (exact) mass is 335 g/mol. The minimum atomic E-state index is -1.86. The van der Waals surface area contributed by atoms with Crippen LogP contribution < -0.4 is 0 Å². The van der Waals surface area contributed by atoms with Crippen LogP contribution in [0.1, 0.15) is 38.0 Å². The fourth-order valence-electron chi connectivity index (χ4n) is 4.82. The van der Waals surface area contributed by atoms with Gasteiger partial charge in [0.2, 0.25) is 17.1 Å². The smallest absolute Gasteiger partial charge is 0.217 e. The number of aromatic nitrogens is 1. The molecule has 3 aliphatic rings. The lowest BCUT2D eigenvalue weighted by molar-refractivity contribution is -0.299. The Labute approximate surface area is 145 Å². The maximum atomic E-state index is 10.1. The highest BCUT2D eigenvalue weighted by atomic mass is 16.7. The van der Waals surface area contributed by atoms with Crippen LogP contribution in [-0.2, 0) is 9.47 Å². The molecule has 25 heavy (non-hydrogen) atoms. The fourth-order valence-corrected chi connectivity index (χ4v) is 4.82. The molecule has 2 bridgehead atoms. The minimum Gasteiger partial charge on any atom is -0.447 e. The van der Waals surface area contributed by atoms with E-state index in [0.29, 0.717) is 24.5 Å². The summed E-state index contributed by atoms with van der Waals surface area (Å²) in [5.41, 5.74) is -2.96. The highest BCUT2D eigenvalue weighted by molar-refractivity contribution is 5.89. The Balaban J connectivity index is 2.01. The van der Waals surface area contributed by atoms with Gasteiger partial charge in [-0.25, -0.2) is 0 Å². The van der Waals surface area contributed by atoms with Gasteiger partial charge in [0.15, 0.2) is 5.41 Å². The number of aromatic amines is 1. The van der Waals surface area contributed by atoms with E-state index < -0.39 is 28.6 Å². The zero-order valence-corrected chi connectivity index (χ0v) is 13.7. The van der Waals surface area contributed by atoms with E-state index in [4.69, 9.17) is 14.9 Å². The summed E-state index contributed by atoms with van der Waals surface area (Å²) in [6.45, 7) is 2.07. The highest BCUT2D eigenvalue weighted by Gasteiger charge is 2.80. The Hall–Kier alpha value is -2.82. The third-order valence-corrected chi connectivity index (χ3v) is 6.08. The second kappa shape index (κ2) is 4.85. The van der Waals surface area contributed by atoms with Gasteiger partial charge >= 0.3 is 0 Å². The number of hydrogen-bond donors (Lipinski definition) is 2. The van der Waals surface area contributed by atoms with E-state index in [9.17, 15) is 15.8 Å². The molecule has 2 aliphatic heterocycles. The second-order valence-electron chi connectivity index (χ2n) is 7.25. The molecule has 1 aromatic rings. The number of nitrogens with one attached hydrogen (secondary N) is 2. The molecule has 5 atom stereocenters. The van der Waals surface area contributed by atoms with E-state index in [0.717, 1.165) is 6.42 Å². The molecule has 3 fully saturated rings. The van der Waals surface area contributed by atoms with Crippen LogP contribution in [0.3, 0.4) is 0 Å². The first-order valence-corrected chi connectivity index (χ1v) is 8.32. The van der Waals surface area contributed by atoms with E-state index in [-0.39, 0.29) is 5.90 Å². The van der Waals surface area contributed by atoms with E-state index >= 15 is 0 Å². The summed E-state index contributed by atoms with van der Waals surface area (Å²) in [6.07, 6.45) is 2.66. The lowest BCUT2D eigenvalue weighted by atomic mass is 9.51. The van der Waals surface area contributed by atoms with Crippen molar-refractivity contribution in [2.24, 2.45) is 22.7 Å². The van der Waals surface area contributed by atoms with Gasteiger partial charge in [-0.2, -0.15) is 15.8 Å². The SMILES string of the molecule is CC1CCC23OC(=N)C(C#N)(C2C1)C(C#N)(C#N)C(c1ccc[nH]1)O3. The molecule has 126 valence electrons. The van der Waals surface area contributed by atoms with Crippen LogP contribution in [0.4, 0.5) is 0 Å². The van der Waals surface area contributed by atoms with Gasteiger partial charge in [-0.05, 0) is 30.9 Å². The zero-order chi connectivity index (χ0) is 17.9. The average Bonchev–Trinajstić information content (AvgIpc) is 3.20. The van der Waals surface area contributed by atoms with Gasteiger partial charge in [0, 0.05) is 18.3 Å². The van der Waals surface area contributed by atoms with Crippen LogP contribution in [0.25, 0.3) is 0 Å². The van der Waals surface area contributed by atoms with Crippen molar-refractivity contribution in [2.75, 3.05) is 0 Å². The van der Waals surface area contributed by atoms with Gasteiger partial charge in [0.05, 0.1) is 24.1 Å². The van der Waals surface area contributed by atoms with Crippen molar-refractivity contribution >= 4 is 5.90 Å². The fraction of sp³-hybridized carbons (Fsp3) is 0.556. The second-order valence-corrected chi connectivity index (χ2v) is 7.25. The first-order valence-electron chi connectivity index (χ1n) is 8.32. The Kier molecular flexibility index (Phi) is 3.04. The maximum Gasteiger partial charge on any atom is 0.217 e. The van der Waals surface area contributed by atoms with Crippen LogP contribution in [0, 0.1) is 62.1 Å². The van der Waals surface area contributed by atoms with Crippen LogP contribution in [-0.4, -0.2) is 16.7 Å². The number of hydrogen-bond acceptors (Lipinski definition) is 6. The van der Waals surface area contributed by atoms with Gasteiger partial charge in [0.1, 0.15) is 6.10 Å². The van der Waals surface area contributed by atoms with Crippen LogP contribution in [0.5, 0.6) is 0 Å². The largest absolute Gasteiger partial charge is 0.447 e. The Morgan fingerprint density at radius 2 is 2.04 bits per heavy atom. The molecule has 5 unspecified atom stereocenters. The molecule has 7 nitrogen and oxygen atoms in total. The van der Waals surface area contributed by atoms with Crippen LogP contribution in [0.2, 0.25) is 0 Å². The molecule has 1 saturated carbocycles. The summed E-state index contributed by atoms with van der Waals surface area (Å²) in [6, 6.07) is 9.75. The summed E-state index contributed by atoms with van der Waals surface area (Å²) >= 11 is 0. The first-order chi connectivity index (χ1) is 12.0. The number of H-pyrrole nitrogens is 1. The third-order valence-electron chi connectivity index (χ3n) is 6.08. The predicted molar refractivity (Wildman–Crippen MR) is 84.4 cm³/mol. The lowest BCUT2D eigenvalue weighted by Crippen LogP contribution is -2.61. The predicted octanol–water partition coefficient (Wildman–Crippen LogP) is 2.77. The van der Waals surface area contributed by atoms with Crippen LogP contribution in [0.15, 0.2) is 18.3 Å². The maximum absolute atomic E-state index is 10.1. The van der Waals surface area contributed by atoms with E-state index in [1.165, 1.54) is 0 Å². The van der Waals surface area contributed by atoms with E-state index in [2.05, 4.69) is 30.1 Å². The molecular formula is C18H17N5O2. The Morgan fingerprint density at radius 1 is 1.28 bits per heavy atom. The standard InChI is InChI=1S/C18H17N5O2/c1-11-4-5-18-13(7-11)17(10-21,15(22)25-18)16(8-19,9-20)14(24-18)12-3-2-6-23-12/h2-3,6,11,13-14,22-23H,4-5,7H2,1H3. The van der Waals surface area contributed by atoms with Crippen molar-refractivity contribution in [1.82, 2.24) is 4.98 Å². The van der Waals surface area contributed by atoms with Crippen molar-refractivity contribution in [1.29, 1.82) is 21.2 Å². The van der Waals surface area contributed by atoms with Gasteiger partial charge in [-0.1, -0.05) is 6.92 Å². The molecule has 1 aromatic heterocycles. The van der Waals surface area contributed by atoms with E-state index in [1.54, 1.807) is 18.3 Å². The van der Waals surface area contributed by atoms with E-state index in [1.807, 2.05) is 0 Å². The molecule has 0 radical (unpaired) electrons. The van der Waals surface area contributed by atoms with Gasteiger partial charge < -0.3 is 14.5 Å². The molecule has 7 heteroatoms. The Morgan fingerprint density at radius 3 is 2.64 bits per heavy atom. The van der Waals surface area contributed by atoms with Crippen molar-refractivity contribution < 1.29 is 9.47 Å². The molecule has 0 amide bonds.